The van der Waals surface area contributed by atoms with Crippen molar-refractivity contribution in [1.29, 1.82) is 0 Å². The topological polar surface area (TPSA) is 0 Å². The average Bonchev–Trinajstić information content (AvgIpc) is 0.757. The van der Waals surface area contributed by atoms with Gasteiger partial charge in [0.25, 0.3) is 0 Å². The highest BCUT2D eigenvalue weighted by molar-refractivity contribution is 8.05. The van der Waals surface area contributed by atoms with Crippen LogP contribution in [0, 0.1) is 20.8 Å². The van der Waals surface area contributed by atoms with Gasteiger partial charge in [-0.3, -0.25) is 0 Å². The van der Waals surface area contributed by atoms with Crippen LogP contribution in [-0.4, -0.2) is 0 Å². The second-order valence-electron chi connectivity index (χ2n) is 30.0. The van der Waals surface area contributed by atoms with Gasteiger partial charge in [-0.25, -0.2) is 0 Å². The summed E-state index contributed by atoms with van der Waals surface area (Å²) in [7, 11) is 0. The first-order chi connectivity index (χ1) is 41.9. The first-order valence-electron chi connectivity index (χ1n) is 31.8. The van der Waals surface area contributed by atoms with E-state index in [0.717, 1.165) is 0 Å². The zero-order valence-corrected chi connectivity index (χ0v) is 59.5. The SMILES string of the molecule is Cc1cc(C(C)(C)C)cc2c1Sc1c(-c3ccccc3)cc(C(C)(C)C)cc1C2(C)C.Cc1cc(C(C)(C)C)cc2c1Sc1ccc(C(C)(C)C)cc1C2(C)C.Cc1ccc(-c2ccccc2)c2c1Sc1c(-c3ccccc3)ccc(-c3ccccc3)c1S2. The predicted octanol–water partition coefficient (Wildman–Crippen LogP) is 26.0. The molecule has 4 heteroatoms. The van der Waals surface area contributed by atoms with Crippen LogP contribution in [0.1, 0.15) is 172 Å². The number of fused-ring (bicyclic) bond motifs is 6. The van der Waals surface area contributed by atoms with Crippen LogP contribution < -0.4 is 0 Å². The molecule has 0 fully saturated rings. The average molecular weight is 1240 g/mol. The molecule has 10 aromatic carbocycles. The fourth-order valence-corrected chi connectivity index (χ4v) is 18.4. The largest absolute Gasteiger partial charge is 0.0892 e. The molecule has 0 N–H and O–H groups in total. The summed E-state index contributed by atoms with van der Waals surface area (Å²) in [4.78, 5) is 11.2. The molecule has 3 aliphatic rings. The molecule has 3 heterocycles. The molecule has 10 aromatic rings. The monoisotopic (exact) mass is 1240 g/mol. The van der Waals surface area contributed by atoms with E-state index >= 15 is 0 Å². The van der Waals surface area contributed by atoms with E-state index in [0.29, 0.717) is 0 Å². The van der Waals surface area contributed by atoms with Gasteiger partial charge in [-0.05, 0) is 160 Å². The van der Waals surface area contributed by atoms with Gasteiger partial charge in [-0.1, -0.05) is 346 Å². The molecule has 454 valence electrons. The molecular weight excluding hydrogens is 1150 g/mol. The highest BCUT2D eigenvalue weighted by Crippen LogP contribution is 2.59. The summed E-state index contributed by atoms with van der Waals surface area (Å²) >= 11 is 7.78. The maximum atomic E-state index is 2.48. The molecule has 0 saturated carbocycles. The quantitative estimate of drug-likeness (QED) is 0.172. The molecule has 0 radical (unpaired) electrons. The van der Waals surface area contributed by atoms with Gasteiger partial charge in [-0.2, -0.15) is 0 Å². The summed E-state index contributed by atoms with van der Waals surface area (Å²) in [6.45, 7) is 44.1. The Bertz CT molecular complexity index is 4270. The van der Waals surface area contributed by atoms with Gasteiger partial charge >= 0.3 is 0 Å². The van der Waals surface area contributed by atoms with Gasteiger partial charge < -0.3 is 0 Å². The van der Waals surface area contributed by atoms with Crippen molar-refractivity contribution in [3.05, 3.63) is 261 Å². The molecule has 0 spiro atoms. The maximum Gasteiger partial charge on any atom is 0.0347 e. The Morgan fingerprint density at radius 1 is 0.247 bits per heavy atom. The number of hydrogen-bond donors (Lipinski definition) is 0. The smallest absolute Gasteiger partial charge is 0.0347 e. The van der Waals surface area contributed by atoms with E-state index in [9.17, 15) is 0 Å². The minimum Gasteiger partial charge on any atom is -0.0892 e. The lowest BCUT2D eigenvalue weighted by atomic mass is 9.72. The highest BCUT2D eigenvalue weighted by atomic mass is 32.2. The first kappa shape index (κ1) is 64.1. The summed E-state index contributed by atoms with van der Waals surface area (Å²) in [6.07, 6.45) is 0. The van der Waals surface area contributed by atoms with Gasteiger partial charge in [0.1, 0.15) is 0 Å². The second kappa shape index (κ2) is 24.3. The lowest BCUT2D eigenvalue weighted by Gasteiger charge is -2.39. The lowest BCUT2D eigenvalue weighted by molar-refractivity contribution is 0.562. The van der Waals surface area contributed by atoms with Gasteiger partial charge in [0.05, 0.1) is 0 Å². The van der Waals surface area contributed by atoms with Crippen molar-refractivity contribution in [3.63, 3.8) is 0 Å². The van der Waals surface area contributed by atoms with Crippen molar-refractivity contribution in [3.8, 4) is 44.5 Å². The van der Waals surface area contributed by atoms with Gasteiger partial charge in [0.2, 0.25) is 0 Å². The molecule has 0 amide bonds. The summed E-state index contributed by atoms with van der Waals surface area (Å²) < 4.78 is 0. The minimum absolute atomic E-state index is 0.0309. The molecule has 0 saturated heterocycles. The van der Waals surface area contributed by atoms with E-state index in [2.05, 4.69) is 332 Å². The molecular formula is C85H90S4. The maximum absolute atomic E-state index is 2.48. The number of benzene rings is 10. The molecule has 3 aliphatic heterocycles. The van der Waals surface area contributed by atoms with Crippen LogP contribution in [0.4, 0.5) is 0 Å². The summed E-state index contributed by atoms with van der Waals surface area (Å²) in [5.41, 5.74) is 26.7. The first-order valence-corrected chi connectivity index (χ1v) is 35.1. The van der Waals surface area contributed by atoms with Crippen LogP contribution in [0.5, 0.6) is 0 Å². The number of aryl methyl sites for hydroxylation is 3. The van der Waals surface area contributed by atoms with Crippen LogP contribution in [0.2, 0.25) is 0 Å². The van der Waals surface area contributed by atoms with E-state index < -0.39 is 0 Å². The van der Waals surface area contributed by atoms with Gasteiger partial charge in [-0.15, -0.1) is 0 Å². The molecule has 0 unspecified atom stereocenters. The standard InChI is InChI=1S/C31H22S2.C30H36S.C24H32S/c1-21-17-18-25(22-11-5-2-6-12-22)29-28(21)32-30-26(23-13-7-3-8-14-23)19-20-27(31(30)33-29)24-15-9-4-10-16-24;1-19-15-21(28(2,3)4)17-24-26(19)31-27-23(20-13-11-10-12-14-20)16-22(29(5,6)7)18-25(27)30(24,8)9;1-15-12-17(23(5,6)7)14-19-21(15)25-20-11-10-16(22(2,3)4)13-18(20)24(19,8)9/h2-20H,1H3;10-18H,1-9H3;10-14H,1-9H3. The summed E-state index contributed by atoms with van der Waals surface area (Å²) in [5.74, 6) is 0. The fourth-order valence-electron chi connectivity index (χ4n) is 12.6. The van der Waals surface area contributed by atoms with Gasteiger partial charge in [0.15, 0.2) is 0 Å². The van der Waals surface area contributed by atoms with Crippen molar-refractivity contribution in [1.82, 2.24) is 0 Å². The predicted molar refractivity (Wildman–Crippen MR) is 390 cm³/mol. The van der Waals surface area contributed by atoms with E-state index in [-0.39, 0.29) is 32.5 Å². The third-order valence-electron chi connectivity index (χ3n) is 18.4. The van der Waals surface area contributed by atoms with Crippen LogP contribution in [0.25, 0.3) is 44.5 Å². The zero-order valence-electron chi connectivity index (χ0n) is 56.2. The summed E-state index contributed by atoms with van der Waals surface area (Å²) in [5, 5.41) is 0. The highest BCUT2D eigenvalue weighted by Gasteiger charge is 2.39. The van der Waals surface area contributed by atoms with E-state index in [1.54, 1.807) is 0 Å². The van der Waals surface area contributed by atoms with E-state index in [1.165, 1.54) is 145 Å². The van der Waals surface area contributed by atoms with Crippen LogP contribution in [0.15, 0.2) is 239 Å². The molecule has 0 nitrogen and oxygen atoms in total. The minimum atomic E-state index is -0.0489. The Morgan fingerprint density at radius 3 is 0.978 bits per heavy atom. The number of rotatable bonds is 4. The van der Waals surface area contributed by atoms with Crippen LogP contribution >= 0.6 is 47.0 Å². The van der Waals surface area contributed by atoms with Crippen molar-refractivity contribution in [2.45, 2.75) is 203 Å². The fraction of sp³-hybridized carbons (Fsp3) is 0.294. The Kier molecular flexibility index (Phi) is 17.5. The van der Waals surface area contributed by atoms with Crippen LogP contribution in [-0.2, 0) is 32.5 Å². The van der Waals surface area contributed by atoms with Crippen molar-refractivity contribution in [2.75, 3.05) is 0 Å². The molecule has 13 rings (SSSR count). The Morgan fingerprint density at radius 2 is 0.562 bits per heavy atom. The normalized spacial score (nSPS) is 14.5. The summed E-state index contributed by atoms with van der Waals surface area (Å²) in [6, 6.07) is 74.1. The van der Waals surface area contributed by atoms with E-state index in [1.807, 2.05) is 47.0 Å². The third kappa shape index (κ3) is 12.8. The molecule has 0 bridgehead atoms. The van der Waals surface area contributed by atoms with Gasteiger partial charge in [0, 0.05) is 50.0 Å². The number of hydrogen-bond acceptors (Lipinski definition) is 4. The van der Waals surface area contributed by atoms with Crippen molar-refractivity contribution < 1.29 is 0 Å². The Hall–Kier alpha value is -6.40. The lowest BCUT2D eigenvalue weighted by Crippen LogP contribution is -2.27. The van der Waals surface area contributed by atoms with Crippen molar-refractivity contribution >= 4 is 47.0 Å². The zero-order chi connectivity index (χ0) is 63.8. The molecule has 0 aromatic heterocycles. The Labute approximate surface area is 552 Å². The van der Waals surface area contributed by atoms with Crippen LogP contribution in [0.3, 0.4) is 0 Å². The molecule has 0 atom stereocenters. The van der Waals surface area contributed by atoms with Crippen molar-refractivity contribution in [2.24, 2.45) is 0 Å². The third-order valence-corrected chi connectivity index (χ3v) is 23.9. The Balaban J connectivity index is 0.000000139. The molecule has 89 heavy (non-hydrogen) atoms. The van der Waals surface area contributed by atoms with E-state index in [4.69, 9.17) is 0 Å². The molecule has 0 aliphatic carbocycles. The second-order valence-corrected chi connectivity index (χ2v) is 34.1.